The standard InChI is InChI=1S/C10H15N3/c1-7-8(13-5-4-12-7)10(11)6-9(10,2)3/h4-5H,6,11H2,1-3H3. The van der Waals surface area contributed by atoms with Gasteiger partial charge in [0.2, 0.25) is 0 Å². The van der Waals surface area contributed by atoms with Gasteiger partial charge in [-0.1, -0.05) is 13.8 Å². The van der Waals surface area contributed by atoms with Crippen molar-refractivity contribution in [3.8, 4) is 0 Å². The van der Waals surface area contributed by atoms with Crippen LogP contribution in [0.1, 0.15) is 31.7 Å². The molecule has 0 radical (unpaired) electrons. The zero-order chi connectivity index (χ0) is 9.69. The monoisotopic (exact) mass is 177 g/mol. The summed E-state index contributed by atoms with van der Waals surface area (Å²) >= 11 is 0. The van der Waals surface area contributed by atoms with Crippen LogP contribution in [0.15, 0.2) is 12.4 Å². The normalized spacial score (nSPS) is 30.2. The first-order valence-electron chi connectivity index (χ1n) is 4.54. The summed E-state index contributed by atoms with van der Waals surface area (Å²) in [6.45, 7) is 6.30. The number of nitrogens with two attached hydrogens (primary N) is 1. The number of hydrogen-bond acceptors (Lipinski definition) is 3. The molecule has 1 aliphatic carbocycles. The van der Waals surface area contributed by atoms with E-state index in [0.29, 0.717) is 0 Å². The zero-order valence-corrected chi connectivity index (χ0v) is 8.33. The van der Waals surface area contributed by atoms with Gasteiger partial charge in [-0.2, -0.15) is 0 Å². The maximum absolute atomic E-state index is 6.24. The van der Waals surface area contributed by atoms with E-state index in [4.69, 9.17) is 5.73 Å². The summed E-state index contributed by atoms with van der Waals surface area (Å²) in [4.78, 5) is 8.53. The van der Waals surface area contributed by atoms with Crippen LogP contribution in [0, 0.1) is 12.3 Å². The van der Waals surface area contributed by atoms with Crippen molar-refractivity contribution < 1.29 is 0 Å². The Kier molecular flexibility index (Phi) is 1.52. The highest BCUT2D eigenvalue weighted by Gasteiger charge is 2.61. The van der Waals surface area contributed by atoms with Crippen molar-refractivity contribution in [2.45, 2.75) is 32.7 Å². The summed E-state index contributed by atoms with van der Waals surface area (Å²) in [6.07, 6.45) is 4.42. The third-order valence-corrected chi connectivity index (χ3v) is 3.11. The number of aromatic nitrogens is 2. The predicted octanol–water partition coefficient (Wildman–Crippen LogP) is 1.37. The number of rotatable bonds is 1. The Labute approximate surface area is 78.4 Å². The molecule has 70 valence electrons. The maximum Gasteiger partial charge on any atom is 0.0820 e. The Morgan fingerprint density at radius 3 is 2.31 bits per heavy atom. The molecule has 0 spiro atoms. The summed E-state index contributed by atoms with van der Waals surface area (Å²) in [5, 5.41) is 0. The van der Waals surface area contributed by atoms with E-state index in [2.05, 4.69) is 23.8 Å². The maximum atomic E-state index is 6.24. The van der Waals surface area contributed by atoms with Gasteiger partial charge in [-0.05, 0) is 18.8 Å². The number of aryl methyl sites for hydroxylation is 1. The zero-order valence-electron chi connectivity index (χ0n) is 8.33. The fourth-order valence-electron chi connectivity index (χ4n) is 1.90. The molecule has 3 heteroatoms. The van der Waals surface area contributed by atoms with Gasteiger partial charge >= 0.3 is 0 Å². The molecule has 0 amide bonds. The van der Waals surface area contributed by atoms with E-state index < -0.39 is 0 Å². The average Bonchev–Trinajstić information content (AvgIpc) is 2.53. The minimum atomic E-state index is -0.245. The smallest absolute Gasteiger partial charge is 0.0820 e. The Morgan fingerprint density at radius 1 is 1.31 bits per heavy atom. The average molecular weight is 177 g/mol. The predicted molar refractivity (Wildman–Crippen MR) is 51.0 cm³/mol. The van der Waals surface area contributed by atoms with Crippen LogP contribution in [-0.4, -0.2) is 9.97 Å². The number of hydrogen-bond donors (Lipinski definition) is 1. The molecule has 0 aromatic carbocycles. The first kappa shape index (κ1) is 8.63. The van der Waals surface area contributed by atoms with Gasteiger partial charge in [-0.15, -0.1) is 0 Å². The van der Waals surface area contributed by atoms with E-state index >= 15 is 0 Å². The number of nitrogens with zero attached hydrogens (tertiary/aromatic N) is 2. The van der Waals surface area contributed by atoms with Crippen LogP contribution in [0.2, 0.25) is 0 Å². The van der Waals surface area contributed by atoms with Crippen molar-refractivity contribution in [1.29, 1.82) is 0 Å². The second-order valence-electron chi connectivity index (χ2n) is 4.52. The largest absolute Gasteiger partial charge is 0.320 e. The highest BCUT2D eigenvalue weighted by Crippen LogP contribution is 2.60. The lowest BCUT2D eigenvalue weighted by atomic mass is 10.0. The fraction of sp³-hybridized carbons (Fsp3) is 0.600. The topological polar surface area (TPSA) is 51.8 Å². The third-order valence-electron chi connectivity index (χ3n) is 3.11. The summed E-state index contributed by atoms with van der Waals surface area (Å²) < 4.78 is 0. The van der Waals surface area contributed by atoms with E-state index in [9.17, 15) is 0 Å². The van der Waals surface area contributed by atoms with Crippen molar-refractivity contribution in [3.63, 3.8) is 0 Å². The Morgan fingerprint density at radius 2 is 1.85 bits per heavy atom. The Hall–Kier alpha value is -0.960. The molecule has 3 nitrogen and oxygen atoms in total. The Bertz CT molecular complexity index is 346. The molecule has 1 heterocycles. The molecule has 2 rings (SSSR count). The molecule has 0 bridgehead atoms. The van der Waals surface area contributed by atoms with Gasteiger partial charge in [0.05, 0.1) is 16.9 Å². The first-order chi connectivity index (χ1) is 5.97. The van der Waals surface area contributed by atoms with Crippen LogP contribution in [0.3, 0.4) is 0 Å². The van der Waals surface area contributed by atoms with E-state index in [0.717, 1.165) is 17.8 Å². The lowest BCUT2D eigenvalue weighted by Crippen LogP contribution is -2.28. The molecule has 1 aliphatic rings. The van der Waals surface area contributed by atoms with Crippen molar-refractivity contribution in [2.24, 2.45) is 11.1 Å². The van der Waals surface area contributed by atoms with Crippen molar-refractivity contribution >= 4 is 0 Å². The minimum absolute atomic E-state index is 0.174. The molecule has 1 atom stereocenters. The SMILES string of the molecule is Cc1nccnc1C1(N)CC1(C)C. The third kappa shape index (κ3) is 1.07. The van der Waals surface area contributed by atoms with Crippen molar-refractivity contribution in [3.05, 3.63) is 23.8 Å². The minimum Gasteiger partial charge on any atom is -0.320 e. The van der Waals surface area contributed by atoms with Crippen LogP contribution < -0.4 is 5.73 Å². The summed E-state index contributed by atoms with van der Waals surface area (Å²) in [7, 11) is 0. The van der Waals surface area contributed by atoms with Gasteiger partial charge in [0, 0.05) is 12.4 Å². The van der Waals surface area contributed by atoms with Crippen LogP contribution in [0.4, 0.5) is 0 Å². The van der Waals surface area contributed by atoms with Crippen LogP contribution >= 0.6 is 0 Å². The second kappa shape index (κ2) is 2.29. The molecular formula is C10H15N3. The van der Waals surface area contributed by atoms with E-state index in [-0.39, 0.29) is 11.0 Å². The first-order valence-corrected chi connectivity index (χ1v) is 4.54. The van der Waals surface area contributed by atoms with E-state index in [1.165, 1.54) is 0 Å². The van der Waals surface area contributed by atoms with Gasteiger partial charge < -0.3 is 5.73 Å². The van der Waals surface area contributed by atoms with E-state index in [1.54, 1.807) is 12.4 Å². The molecule has 1 fully saturated rings. The van der Waals surface area contributed by atoms with E-state index in [1.807, 2.05) is 6.92 Å². The van der Waals surface area contributed by atoms with Crippen LogP contribution in [-0.2, 0) is 5.54 Å². The molecule has 1 aromatic heterocycles. The van der Waals surface area contributed by atoms with Crippen molar-refractivity contribution in [2.75, 3.05) is 0 Å². The molecule has 13 heavy (non-hydrogen) atoms. The van der Waals surface area contributed by atoms with Gasteiger partial charge in [-0.3, -0.25) is 9.97 Å². The van der Waals surface area contributed by atoms with Gasteiger partial charge in [0.15, 0.2) is 0 Å². The fourth-order valence-corrected chi connectivity index (χ4v) is 1.90. The highest BCUT2D eigenvalue weighted by atomic mass is 15.0. The summed E-state index contributed by atoms with van der Waals surface area (Å²) in [5.41, 5.74) is 8.09. The molecule has 1 saturated carbocycles. The summed E-state index contributed by atoms with van der Waals surface area (Å²) in [5.74, 6) is 0. The van der Waals surface area contributed by atoms with Gasteiger partial charge in [0.25, 0.3) is 0 Å². The Balaban J connectivity index is 2.44. The van der Waals surface area contributed by atoms with Gasteiger partial charge in [-0.25, -0.2) is 0 Å². The molecule has 0 saturated heterocycles. The van der Waals surface area contributed by atoms with Crippen LogP contribution in [0.5, 0.6) is 0 Å². The van der Waals surface area contributed by atoms with Gasteiger partial charge in [0.1, 0.15) is 0 Å². The lowest BCUT2D eigenvalue weighted by molar-refractivity contribution is 0.495. The molecular weight excluding hydrogens is 162 g/mol. The molecule has 1 unspecified atom stereocenters. The van der Waals surface area contributed by atoms with Crippen LogP contribution in [0.25, 0.3) is 0 Å². The van der Waals surface area contributed by atoms with Crippen molar-refractivity contribution in [1.82, 2.24) is 9.97 Å². The molecule has 0 aliphatic heterocycles. The second-order valence-corrected chi connectivity index (χ2v) is 4.52. The molecule has 2 N–H and O–H groups in total. The lowest BCUT2D eigenvalue weighted by Gasteiger charge is -2.15. The molecule has 1 aromatic rings. The highest BCUT2D eigenvalue weighted by molar-refractivity contribution is 5.31. The quantitative estimate of drug-likeness (QED) is 0.704. The summed E-state index contributed by atoms with van der Waals surface area (Å²) in [6, 6.07) is 0.